The molecule has 1 fully saturated rings. The number of hydrogen-bond donors (Lipinski definition) is 1. The van der Waals surface area contributed by atoms with Crippen molar-refractivity contribution in [2.24, 2.45) is 0 Å². The fourth-order valence-corrected chi connectivity index (χ4v) is 5.20. The SMILES string of the molecule is Cc1ccc(Pc2cc(Cc3ccccc3)ccc2O)c(N2CCCCC2)c1. The van der Waals surface area contributed by atoms with Gasteiger partial charge in [0.1, 0.15) is 5.75 Å². The molecular weight excluding hydrogens is 361 g/mol. The Balaban J connectivity index is 1.61. The van der Waals surface area contributed by atoms with Crippen molar-refractivity contribution < 1.29 is 5.11 Å². The molecule has 0 aliphatic carbocycles. The van der Waals surface area contributed by atoms with E-state index < -0.39 is 0 Å². The van der Waals surface area contributed by atoms with E-state index in [-0.39, 0.29) is 0 Å². The fourth-order valence-electron chi connectivity index (χ4n) is 3.91. The number of nitrogens with zero attached hydrogens (tertiary/aromatic N) is 1. The summed E-state index contributed by atoms with van der Waals surface area (Å²) in [6.07, 6.45) is 4.77. The molecule has 0 bridgehead atoms. The zero-order valence-corrected chi connectivity index (χ0v) is 17.5. The molecule has 4 rings (SSSR count). The lowest BCUT2D eigenvalue weighted by molar-refractivity contribution is 0.479. The summed E-state index contributed by atoms with van der Waals surface area (Å²) in [5, 5.41) is 12.9. The van der Waals surface area contributed by atoms with Gasteiger partial charge in [-0.25, -0.2) is 0 Å². The van der Waals surface area contributed by atoms with Gasteiger partial charge in [0, 0.05) is 29.4 Å². The van der Waals surface area contributed by atoms with Crippen LogP contribution in [0, 0.1) is 6.92 Å². The molecule has 1 heterocycles. The van der Waals surface area contributed by atoms with Gasteiger partial charge in [-0.1, -0.05) is 57.1 Å². The molecule has 144 valence electrons. The van der Waals surface area contributed by atoms with Gasteiger partial charge in [0.05, 0.1) is 0 Å². The van der Waals surface area contributed by atoms with Gasteiger partial charge in [-0.05, 0) is 67.5 Å². The zero-order valence-electron chi connectivity index (χ0n) is 16.5. The first-order valence-electron chi connectivity index (χ1n) is 10.2. The second kappa shape index (κ2) is 8.80. The molecule has 1 unspecified atom stereocenters. The molecule has 0 spiro atoms. The van der Waals surface area contributed by atoms with E-state index in [1.54, 1.807) is 0 Å². The van der Waals surface area contributed by atoms with Crippen LogP contribution in [0.1, 0.15) is 36.0 Å². The van der Waals surface area contributed by atoms with Gasteiger partial charge < -0.3 is 10.0 Å². The Kier molecular flexibility index (Phi) is 5.98. The predicted molar refractivity (Wildman–Crippen MR) is 122 cm³/mol. The zero-order chi connectivity index (χ0) is 19.3. The Labute approximate surface area is 170 Å². The third-order valence-corrected chi connectivity index (χ3v) is 6.79. The maximum atomic E-state index is 10.5. The van der Waals surface area contributed by atoms with Crippen molar-refractivity contribution in [3.8, 4) is 5.75 Å². The summed E-state index contributed by atoms with van der Waals surface area (Å²) in [7, 11) is 0.461. The van der Waals surface area contributed by atoms with Gasteiger partial charge >= 0.3 is 0 Å². The quantitative estimate of drug-likeness (QED) is 0.627. The number of piperidine rings is 1. The average Bonchev–Trinajstić information content (AvgIpc) is 2.73. The van der Waals surface area contributed by atoms with Crippen LogP contribution in [-0.2, 0) is 6.42 Å². The molecule has 0 saturated carbocycles. The molecule has 3 heteroatoms. The lowest BCUT2D eigenvalue weighted by Crippen LogP contribution is -2.32. The first-order chi connectivity index (χ1) is 13.7. The summed E-state index contributed by atoms with van der Waals surface area (Å²) in [6.45, 7) is 4.44. The predicted octanol–water partition coefficient (Wildman–Crippen LogP) is 4.91. The monoisotopic (exact) mass is 389 g/mol. The van der Waals surface area contributed by atoms with Crippen molar-refractivity contribution in [3.63, 3.8) is 0 Å². The molecular formula is C25H28NOP. The Hall–Kier alpha value is -2.31. The highest BCUT2D eigenvalue weighted by Crippen LogP contribution is 2.28. The normalized spacial score (nSPS) is 14.7. The van der Waals surface area contributed by atoms with Gasteiger partial charge in [0.15, 0.2) is 0 Å². The highest BCUT2D eigenvalue weighted by atomic mass is 31.1. The van der Waals surface area contributed by atoms with Gasteiger partial charge in [0.25, 0.3) is 0 Å². The van der Waals surface area contributed by atoms with Crippen LogP contribution in [0.4, 0.5) is 5.69 Å². The molecule has 1 aliphatic heterocycles. The van der Waals surface area contributed by atoms with Crippen LogP contribution in [-0.4, -0.2) is 18.2 Å². The number of phenolic OH excluding ortho intramolecular Hbond substituents is 1. The fraction of sp³-hybridized carbons (Fsp3) is 0.280. The van der Waals surface area contributed by atoms with Crippen molar-refractivity contribution >= 4 is 24.9 Å². The van der Waals surface area contributed by atoms with E-state index in [1.165, 1.54) is 46.9 Å². The van der Waals surface area contributed by atoms with Crippen LogP contribution in [0.2, 0.25) is 0 Å². The molecule has 1 atom stereocenters. The summed E-state index contributed by atoms with van der Waals surface area (Å²) in [6, 6.07) is 23.4. The molecule has 0 aromatic heterocycles. The number of rotatable bonds is 5. The third-order valence-electron chi connectivity index (χ3n) is 5.43. The summed E-state index contributed by atoms with van der Waals surface area (Å²) >= 11 is 0. The Bertz CT molecular complexity index is 933. The largest absolute Gasteiger partial charge is 0.507 e. The first-order valence-corrected chi connectivity index (χ1v) is 11.2. The van der Waals surface area contributed by atoms with E-state index in [9.17, 15) is 5.11 Å². The lowest BCUT2D eigenvalue weighted by atomic mass is 10.1. The van der Waals surface area contributed by atoms with E-state index in [1.807, 2.05) is 18.2 Å². The summed E-state index contributed by atoms with van der Waals surface area (Å²) in [5.74, 6) is 0.403. The second-order valence-corrected chi connectivity index (χ2v) is 9.03. The van der Waals surface area contributed by atoms with E-state index in [0.717, 1.165) is 24.8 Å². The van der Waals surface area contributed by atoms with Crippen molar-refractivity contribution in [2.45, 2.75) is 32.6 Å². The average molecular weight is 389 g/mol. The van der Waals surface area contributed by atoms with E-state index in [0.29, 0.717) is 14.3 Å². The van der Waals surface area contributed by atoms with Crippen molar-refractivity contribution in [3.05, 3.63) is 83.4 Å². The third kappa shape index (κ3) is 4.56. The van der Waals surface area contributed by atoms with Crippen LogP contribution in [0.25, 0.3) is 0 Å². The number of anilines is 1. The highest BCUT2D eigenvalue weighted by molar-refractivity contribution is 7.56. The smallest absolute Gasteiger partial charge is 0.123 e. The highest BCUT2D eigenvalue weighted by Gasteiger charge is 2.16. The minimum absolute atomic E-state index is 0.403. The van der Waals surface area contributed by atoms with Crippen molar-refractivity contribution in [1.82, 2.24) is 0 Å². The summed E-state index contributed by atoms with van der Waals surface area (Å²) < 4.78 is 0. The lowest BCUT2D eigenvalue weighted by Gasteiger charge is -2.31. The molecule has 28 heavy (non-hydrogen) atoms. The van der Waals surface area contributed by atoms with Crippen molar-refractivity contribution in [2.75, 3.05) is 18.0 Å². The minimum Gasteiger partial charge on any atom is -0.507 e. The van der Waals surface area contributed by atoms with Gasteiger partial charge in [-0.2, -0.15) is 0 Å². The van der Waals surface area contributed by atoms with Crippen LogP contribution >= 0.6 is 8.58 Å². The Morgan fingerprint density at radius 3 is 2.39 bits per heavy atom. The standard InChI is InChI=1S/C25H28NOP/c1-19-10-13-24(22(16-19)26-14-6-3-7-15-26)28-25-18-21(11-12-23(25)27)17-20-8-4-2-5-9-20/h2,4-5,8-13,16,18,27-28H,3,6-7,14-15,17H2,1H3. The molecule has 3 aromatic rings. The molecule has 0 amide bonds. The second-order valence-electron chi connectivity index (χ2n) is 7.71. The van der Waals surface area contributed by atoms with Crippen molar-refractivity contribution in [1.29, 1.82) is 0 Å². The summed E-state index contributed by atoms with van der Waals surface area (Å²) in [4.78, 5) is 2.53. The number of aryl methyl sites for hydroxylation is 1. The maximum Gasteiger partial charge on any atom is 0.123 e. The molecule has 0 radical (unpaired) electrons. The van der Waals surface area contributed by atoms with Gasteiger partial charge in [-0.15, -0.1) is 0 Å². The van der Waals surface area contributed by atoms with Crippen LogP contribution < -0.4 is 15.5 Å². The minimum atomic E-state index is 0.403. The Morgan fingerprint density at radius 1 is 0.821 bits per heavy atom. The first kappa shape index (κ1) is 19.0. The van der Waals surface area contributed by atoms with E-state index in [4.69, 9.17) is 0 Å². The molecule has 1 saturated heterocycles. The Morgan fingerprint density at radius 2 is 1.61 bits per heavy atom. The topological polar surface area (TPSA) is 23.5 Å². The molecule has 1 aliphatic rings. The van der Waals surface area contributed by atoms with Crippen LogP contribution in [0.5, 0.6) is 5.75 Å². The van der Waals surface area contributed by atoms with Gasteiger partial charge in [0.2, 0.25) is 0 Å². The number of hydrogen-bond acceptors (Lipinski definition) is 2. The number of phenols is 1. The van der Waals surface area contributed by atoms with E-state index >= 15 is 0 Å². The van der Waals surface area contributed by atoms with Crippen LogP contribution in [0.15, 0.2) is 66.7 Å². The van der Waals surface area contributed by atoms with Gasteiger partial charge in [-0.3, -0.25) is 0 Å². The molecule has 3 aromatic carbocycles. The van der Waals surface area contributed by atoms with Crippen LogP contribution in [0.3, 0.4) is 0 Å². The summed E-state index contributed by atoms with van der Waals surface area (Å²) in [5.41, 5.74) is 5.20. The number of benzene rings is 3. The molecule has 2 nitrogen and oxygen atoms in total. The maximum absolute atomic E-state index is 10.5. The molecule has 1 N–H and O–H groups in total. The van der Waals surface area contributed by atoms with E-state index in [2.05, 4.69) is 60.4 Å². The number of aromatic hydroxyl groups is 1.